The fraction of sp³-hybridized carbons (Fsp3) is 0.400. The van der Waals surface area contributed by atoms with Crippen molar-refractivity contribution in [1.82, 2.24) is 0 Å². The average molecular weight is 160 g/mol. The van der Waals surface area contributed by atoms with Gasteiger partial charge in [0, 0.05) is 0 Å². The monoisotopic (exact) mass is 160 g/mol. The first-order chi connectivity index (χ1) is 5.77. The molecule has 62 valence electrons. The molecule has 0 aliphatic rings. The maximum atomic E-state index is 5.80. The predicted molar refractivity (Wildman–Crippen MR) is 52.4 cm³/mol. The molecule has 12 heavy (non-hydrogen) atoms. The number of ether oxygens (including phenoxy) is 1. The van der Waals surface area contributed by atoms with Crippen LogP contribution in [0.2, 0.25) is 0 Å². The lowest BCUT2D eigenvalue weighted by Gasteiger charge is -2.06. The summed E-state index contributed by atoms with van der Waals surface area (Å²) in [6, 6.07) is 5.84. The van der Waals surface area contributed by atoms with E-state index in [4.69, 9.17) is 12.6 Å². The molecule has 0 atom stereocenters. The Kier molecular flexibility index (Phi) is 3.21. The van der Waals surface area contributed by atoms with E-state index in [9.17, 15) is 0 Å². The van der Waals surface area contributed by atoms with Gasteiger partial charge in [0.2, 0.25) is 0 Å². The van der Waals surface area contributed by atoms with Gasteiger partial charge in [0.15, 0.2) is 0 Å². The Morgan fingerprint density at radius 2 is 2.17 bits per heavy atom. The van der Waals surface area contributed by atoms with Gasteiger partial charge in [-0.2, -0.15) is 0 Å². The van der Waals surface area contributed by atoms with E-state index in [2.05, 4.69) is 6.92 Å². The second-order valence-electron chi connectivity index (χ2n) is 2.81. The minimum atomic E-state index is 0.826. The van der Waals surface area contributed by atoms with Crippen LogP contribution in [0, 0.1) is 0 Å². The van der Waals surface area contributed by atoms with Crippen LogP contribution in [0.15, 0.2) is 18.2 Å². The summed E-state index contributed by atoms with van der Waals surface area (Å²) in [4.78, 5) is 0. The van der Waals surface area contributed by atoms with E-state index in [1.807, 2.05) is 18.2 Å². The van der Waals surface area contributed by atoms with Gasteiger partial charge in [-0.25, -0.2) is 0 Å². The molecule has 1 aromatic carbocycles. The topological polar surface area (TPSA) is 9.23 Å². The highest BCUT2D eigenvalue weighted by Gasteiger charge is 1.97. The molecule has 0 saturated carbocycles. The highest BCUT2D eigenvalue weighted by molar-refractivity contribution is 6.33. The van der Waals surface area contributed by atoms with Crippen molar-refractivity contribution in [3.63, 3.8) is 0 Å². The molecule has 1 nitrogen and oxygen atoms in total. The summed E-state index contributed by atoms with van der Waals surface area (Å²) in [5, 5.41) is 0. The van der Waals surface area contributed by atoms with Gasteiger partial charge >= 0.3 is 0 Å². The lowest BCUT2D eigenvalue weighted by molar-refractivity contribution is 0.415. The Hall–Kier alpha value is -0.915. The highest BCUT2D eigenvalue weighted by Crippen LogP contribution is 2.09. The summed E-state index contributed by atoms with van der Waals surface area (Å²) in [5.74, 6) is 0.826. The Labute approximate surface area is 75.2 Å². The van der Waals surface area contributed by atoms with Crippen LogP contribution in [0.3, 0.4) is 0 Å². The van der Waals surface area contributed by atoms with E-state index in [1.165, 1.54) is 5.56 Å². The summed E-state index contributed by atoms with van der Waals surface area (Å²) < 4.78 is 5.05. The molecule has 1 rings (SSSR count). The molecule has 0 fully saturated rings. The smallest absolute Gasteiger partial charge is 0.118 e. The van der Waals surface area contributed by atoms with Gasteiger partial charge in [-0.05, 0) is 18.6 Å². The van der Waals surface area contributed by atoms with Gasteiger partial charge in [0.1, 0.15) is 13.6 Å². The van der Waals surface area contributed by atoms with Crippen molar-refractivity contribution in [2.75, 3.05) is 7.11 Å². The van der Waals surface area contributed by atoms with Crippen molar-refractivity contribution in [1.29, 1.82) is 0 Å². The second kappa shape index (κ2) is 4.20. The van der Waals surface area contributed by atoms with Crippen molar-refractivity contribution in [2.24, 2.45) is 0 Å². The molecule has 0 aliphatic heterocycles. The summed E-state index contributed by atoms with van der Waals surface area (Å²) in [6.07, 6.45) is 2.16. The van der Waals surface area contributed by atoms with Crippen molar-refractivity contribution in [2.45, 2.75) is 19.8 Å². The Balaban J connectivity index is 2.87. The summed E-state index contributed by atoms with van der Waals surface area (Å²) in [7, 11) is 7.45. The van der Waals surface area contributed by atoms with Gasteiger partial charge in [-0.1, -0.05) is 30.4 Å². The number of benzene rings is 1. The molecule has 0 bridgehead atoms. The zero-order valence-electron chi connectivity index (χ0n) is 7.63. The lowest BCUT2D eigenvalue weighted by Crippen LogP contribution is -2.10. The van der Waals surface area contributed by atoms with Crippen LogP contribution in [-0.4, -0.2) is 15.0 Å². The Morgan fingerprint density at radius 3 is 2.67 bits per heavy atom. The molecule has 0 spiro atoms. The second-order valence-corrected chi connectivity index (χ2v) is 2.81. The van der Waals surface area contributed by atoms with Crippen LogP contribution in [-0.2, 0) is 6.42 Å². The fourth-order valence-electron chi connectivity index (χ4n) is 1.20. The molecule has 1 aromatic rings. The van der Waals surface area contributed by atoms with E-state index >= 15 is 0 Å². The van der Waals surface area contributed by atoms with Crippen LogP contribution < -0.4 is 10.2 Å². The highest BCUT2D eigenvalue weighted by atomic mass is 16.5. The fourth-order valence-corrected chi connectivity index (χ4v) is 1.20. The van der Waals surface area contributed by atoms with Crippen molar-refractivity contribution >= 4 is 13.3 Å². The molecule has 0 unspecified atom stereocenters. The predicted octanol–water partition coefficient (Wildman–Crippen LogP) is 1.44. The van der Waals surface area contributed by atoms with Crippen LogP contribution >= 0.6 is 0 Å². The Morgan fingerprint density at radius 1 is 1.42 bits per heavy atom. The van der Waals surface area contributed by atoms with E-state index in [0.29, 0.717) is 0 Å². The van der Waals surface area contributed by atoms with Crippen molar-refractivity contribution in [3.05, 3.63) is 23.8 Å². The zero-order chi connectivity index (χ0) is 8.97. The Bertz CT molecular complexity index is 258. The minimum absolute atomic E-state index is 0.826. The summed E-state index contributed by atoms with van der Waals surface area (Å²) in [6.45, 7) is 2.14. The third-order valence-electron chi connectivity index (χ3n) is 1.87. The number of methoxy groups -OCH3 is 1. The molecule has 2 radical (unpaired) electrons. The number of aryl methyl sites for hydroxylation is 1. The SMILES string of the molecule is [B]c1cc(OC)ccc1CCC. The summed E-state index contributed by atoms with van der Waals surface area (Å²) >= 11 is 0. The van der Waals surface area contributed by atoms with Crippen molar-refractivity contribution in [3.8, 4) is 5.75 Å². The van der Waals surface area contributed by atoms with Crippen molar-refractivity contribution < 1.29 is 4.74 Å². The number of hydrogen-bond acceptors (Lipinski definition) is 1. The van der Waals surface area contributed by atoms with Gasteiger partial charge in [0.25, 0.3) is 0 Å². The minimum Gasteiger partial charge on any atom is -0.497 e. The largest absolute Gasteiger partial charge is 0.497 e. The van der Waals surface area contributed by atoms with Gasteiger partial charge in [0.05, 0.1) is 7.11 Å². The first-order valence-corrected chi connectivity index (χ1v) is 4.20. The molecular formula is C10H13BO. The van der Waals surface area contributed by atoms with Crippen LogP contribution in [0.1, 0.15) is 18.9 Å². The molecule has 0 amide bonds. The molecule has 2 heteroatoms. The molecule has 0 aromatic heterocycles. The number of rotatable bonds is 3. The average Bonchev–Trinajstić information content (AvgIpc) is 2.09. The van der Waals surface area contributed by atoms with E-state index in [0.717, 1.165) is 24.1 Å². The first kappa shape index (κ1) is 9.18. The number of hydrogen-bond donors (Lipinski definition) is 0. The normalized spacial score (nSPS) is 9.83. The van der Waals surface area contributed by atoms with Gasteiger partial charge in [-0.15, -0.1) is 0 Å². The third kappa shape index (κ3) is 2.03. The van der Waals surface area contributed by atoms with Crippen LogP contribution in [0.25, 0.3) is 0 Å². The molecule has 0 heterocycles. The van der Waals surface area contributed by atoms with Crippen LogP contribution in [0.5, 0.6) is 5.75 Å². The summed E-state index contributed by atoms with van der Waals surface area (Å²) in [5.41, 5.74) is 2.04. The molecule has 0 saturated heterocycles. The molecule has 0 N–H and O–H groups in total. The standard InChI is InChI=1S/C10H13BO/c1-3-4-8-5-6-9(12-2)7-10(8)11/h5-7H,3-4H2,1-2H3. The quantitative estimate of drug-likeness (QED) is 0.608. The maximum absolute atomic E-state index is 5.80. The maximum Gasteiger partial charge on any atom is 0.118 e. The van der Waals surface area contributed by atoms with Gasteiger partial charge < -0.3 is 4.74 Å². The zero-order valence-corrected chi connectivity index (χ0v) is 7.63. The van der Waals surface area contributed by atoms with Gasteiger partial charge in [-0.3, -0.25) is 0 Å². The van der Waals surface area contributed by atoms with E-state index < -0.39 is 0 Å². The van der Waals surface area contributed by atoms with E-state index in [1.54, 1.807) is 7.11 Å². The van der Waals surface area contributed by atoms with Crippen LogP contribution in [0.4, 0.5) is 0 Å². The molecular weight excluding hydrogens is 147 g/mol. The first-order valence-electron chi connectivity index (χ1n) is 4.20. The van der Waals surface area contributed by atoms with E-state index in [-0.39, 0.29) is 0 Å². The lowest BCUT2D eigenvalue weighted by atomic mass is 9.88. The molecule has 0 aliphatic carbocycles. The third-order valence-corrected chi connectivity index (χ3v) is 1.87.